The number of fused-ring (bicyclic) bond motifs is 2. The number of benzene rings is 1. The molecule has 2 aliphatic rings. The van der Waals surface area contributed by atoms with Gasteiger partial charge in [-0.05, 0) is 30.0 Å². The van der Waals surface area contributed by atoms with Crippen LogP contribution in [0.2, 0.25) is 0 Å². The Bertz CT molecular complexity index is 1490. The molecule has 2 aliphatic heterocycles. The Hall–Kier alpha value is -3.42. The first-order valence-corrected chi connectivity index (χ1v) is 13.4. The molecule has 2 N–H and O–H groups in total. The lowest BCUT2D eigenvalue weighted by atomic mass is 10.1. The van der Waals surface area contributed by atoms with Crippen LogP contribution in [0.1, 0.15) is 10.4 Å². The Morgan fingerprint density at radius 1 is 1.32 bits per heavy atom. The van der Waals surface area contributed by atoms with E-state index in [2.05, 4.69) is 5.32 Å². The number of hydrogen-bond acceptors (Lipinski definition) is 9. The number of aryl methyl sites for hydroxylation is 1. The van der Waals surface area contributed by atoms with Crippen molar-refractivity contribution in [3.05, 3.63) is 73.4 Å². The number of amides is 1. The number of thiophene rings is 1. The lowest BCUT2D eigenvalue weighted by Crippen LogP contribution is -2.59. The third-order valence-electron chi connectivity index (χ3n) is 6.18. The smallest absolute Gasteiger partial charge is 0.352 e. The summed E-state index contributed by atoms with van der Waals surface area (Å²) in [4.78, 5) is 38.9. The molecule has 1 fully saturated rings. The van der Waals surface area contributed by atoms with Crippen molar-refractivity contribution in [3.63, 3.8) is 0 Å². The third kappa shape index (κ3) is 5.13. The van der Waals surface area contributed by atoms with Crippen LogP contribution in [-0.4, -0.2) is 59.0 Å². The molecular formula is C25H22F2N2O7S2. The van der Waals surface area contributed by atoms with Crippen LogP contribution >= 0.6 is 23.1 Å². The fourth-order valence-corrected chi connectivity index (χ4v) is 6.51. The number of ether oxygens (including phenoxy) is 2. The van der Waals surface area contributed by atoms with E-state index in [4.69, 9.17) is 13.9 Å². The highest BCUT2D eigenvalue weighted by molar-refractivity contribution is 8.00. The van der Waals surface area contributed by atoms with Crippen LogP contribution in [0.25, 0.3) is 11.0 Å². The van der Waals surface area contributed by atoms with Crippen molar-refractivity contribution in [3.8, 4) is 5.75 Å². The second-order valence-electron chi connectivity index (χ2n) is 8.77. The Kier molecular flexibility index (Phi) is 7.41. The molecule has 0 aliphatic carbocycles. The monoisotopic (exact) mass is 564 g/mol. The minimum atomic E-state index is -1.26. The van der Waals surface area contributed by atoms with Gasteiger partial charge in [-0.15, -0.1) is 23.1 Å². The number of nitrogens with one attached hydrogen (secondary N) is 1. The van der Waals surface area contributed by atoms with Crippen molar-refractivity contribution in [2.24, 2.45) is 0 Å². The SMILES string of the molecule is Cc1cc(=O)oc2c(F)c(OCC3=C(C(=O)O)N4COCC(NC(=O)Cc5cccs5)C4SC3)c(F)cc12. The van der Waals surface area contributed by atoms with Gasteiger partial charge < -0.3 is 29.2 Å². The summed E-state index contributed by atoms with van der Waals surface area (Å²) in [6, 6.07) is 5.37. The normalized spacial score (nSPS) is 19.4. The van der Waals surface area contributed by atoms with Crippen LogP contribution in [0.15, 0.2) is 50.1 Å². The predicted molar refractivity (Wildman–Crippen MR) is 136 cm³/mol. The first kappa shape index (κ1) is 26.2. The summed E-state index contributed by atoms with van der Waals surface area (Å²) < 4.78 is 45.8. The van der Waals surface area contributed by atoms with E-state index in [9.17, 15) is 23.9 Å². The van der Waals surface area contributed by atoms with E-state index in [0.717, 1.165) is 17.0 Å². The summed E-state index contributed by atoms with van der Waals surface area (Å²) in [7, 11) is 0. The number of carbonyl (C=O) groups excluding carboxylic acids is 1. The van der Waals surface area contributed by atoms with Gasteiger partial charge >= 0.3 is 11.6 Å². The van der Waals surface area contributed by atoms with Crippen molar-refractivity contribution < 1.29 is 37.4 Å². The number of rotatable bonds is 7. The van der Waals surface area contributed by atoms with Gasteiger partial charge in [0.15, 0.2) is 17.1 Å². The van der Waals surface area contributed by atoms with E-state index in [1.807, 2.05) is 17.5 Å². The molecule has 38 heavy (non-hydrogen) atoms. The molecule has 2 atom stereocenters. The number of aliphatic carboxylic acids is 1. The summed E-state index contributed by atoms with van der Waals surface area (Å²) >= 11 is 2.84. The molecule has 0 radical (unpaired) electrons. The summed E-state index contributed by atoms with van der Waals surface area (Å²) in [5.74, 6) is -4.25. The van der Waals surface area contributed by atoms with E-state index in [0.29, 0.717) is 5.56 Å². The second kappa shape index (κ2) is 10.8. The number of carboxylic acids is 1. The minimum Gasteiger partial charge on any atom is -0.483 e. The number of thioether (sulfide) groups is 1. The lowest BCUT2D eigenvalue weighted by Gasteiger charge is -2.45. The molecule has 1 amide bonds. The highest BCUT2D eigenvalue weighted by Crippen LogP contribution is 2.36. The lowest BCUT2D eigenvalue weighted by molar-refractivity contribution is -0.137. The summed E-state index contributed by atoms with van der Waals surface area (Å²) in [5, 5.41) is 14.5. The van der Waals surface area contributed by atoms with Gasteiger partial charge in [0.1, 0.15) is 24.4 Å². The van der Waals surface area contributed by atoms with Crippen LogP contribution in [0.5, 0.6) is 5.75 Å². The summed E-state index contributed by atoms with van der Waals surface area (Å²) in [6.45, 7) is 1.27. The van der Waals surface area contributed by atoms with Crippen molar-refractivity contribution in [1.29, 1.82) is 0 Å². The van der Waals surface area contributed by atoms with Gasteiger partial charge in [-0.25, -0.2) is 14.0 Å². The molecule has 2 unspecified atom stereocenters. The maximum Gasteiger partial charge on any atom is 0.352 e. The van der Waals surface area contributed by atoms with Crippen molar-refractivity contribution in [2.75, 3.05) is 25.7 Å². The maximum absolute atomic E-state index is 15.1. The quantitative estimate of drug-likeness (QED) is 0.417. The molecule has 2 aromatic heterocycles. The Labute approximate surface area is 223 Å². The first-order valence-electron chi connectivity index (χ1n) is 11.5. The molecule has 1 saturated heterocycles. The molecule has 0 saturated carbocycles. The van der Waals surface area contributed by atoms with Crippen LogP contribution in [0.3, 0.4) is 0 Å². The van der Waals surface area contributed by atoms with Gasteiger partial charge in [-0.1, -0.05) is 6.07 Å². The predicted octanol–water partition coefficient (Wildman–Crippen LogP) is 3.25. The fourth-order valence-electron chi connectivity index (χ4n) is 4.49. The average molecular weight is 565 g/mol. The fraction of sp³-hybridized carbons (Fsp3) is 0.320. The van der Waals surface area contributed by atoms with Gasteiger partial charge in [0, 0.05) is 27.7 Å². The topological polar surface area (TPSA) is 118 Å². The number of carboxylic acid groups (broad SMARTS) is 1. The zero-order valence-electron chi connectivity index (χ0n) is 20.0. The standard InChI is InChI=1S/C25H22F2N2O7S2/c1-12-5-19(31)36-22-15(12)7-16(26)23(20(22)27)35-8-13-10-38-24-17(9-34-11-29(24)21(13)25(32)33)28-18(30)6-14-3-2-4-37-14/h2-5,7,17,24H,6,8-11H2,1H3,(H,28,30)(H,32,33). The number of halogens is 2. The van der Waals surface area contributed by atoms with Crippen LogP contribution < -0.4 is 15.7 Å². The Balaban J connectivity index is 1.37. The molecule has 200 valence electrons. The maximum atomic E-state index is 15.1. The largest absolute Gasteiger partial charge is 0.483 e. The van der Waals surface area contributed by atoms with E-state index in [1.54, 1.807) is 0 Å². The molecule has 0 spiro atoms. The van der Waals surface area contributed by atoms with Crippen molar-refractivity contribution >= 4 is 45.9 Å². The van der Waals surface area contributed by atoms with Gasteiger partial charge in [0.05, 0.1) is 19.1 Å². The van der Waals surface area contributed by atoms with Crippen molar-refractivity contribution in [1.82, 2.24) is 10.2 Å². The summed E-state index contributed by atoms with van der Waals surface area (Å²) in [6.07, 6.45) is 0.203. The molecule has 5 rings (SSSR count). The zero-order valence-corrected chi connectivity index (χ0v) is 21.6. The van der Waals surface area contributed by atoms with E-state index >= 15 is 4.39 Å². The number of nitrogens with zero attached hydrogens (tertiary/aromatic N) is 1. The van der Waals surface area contributed by atoms with Crippen molar-refractivity contribution in [2.45, 2.75) is 24.8 Å². The van der Waals surface area contributed by atoms with E-state index < -0.39 is 52.6 Å². The summed E-state index contributed by atoms with van der Waals surface area (Å²) in [5.41, 5.74) is -0.734. The van der Waals surface area contributed by atoms with Gasteiger partial charge in [0.25, 0.3) is 0 Å². The molecule has 3 aromatic rings. The Morgan fingerprint density at radius 2 is 2.13 bits per heavy atom. The average Bonchev–Trinajstić information content (AvgIpc) is 3.37. The number of carbonyl (C=O) groups is 2. The highest BCUT2D eigenvalue weighted by atomic mass is 32.2. The Morgan fingerprint density at radius 3 is 2.87 bits per heavy atom. The van der Waals surface area contributed by atoms with Gasteiger partial charge in [0.2, 0.25) is 11.7 Å². The van der Waals surface area contributed by atoms with E-state index in [-0.39, 0.29) is 48.1 Å². The van der Waals surface area contributed by atoms with Crippen LogP contribution in [0, 0.1) is 18.6 Å². The van der Waals surface area contributed by atoms with E-state index in [1.165, 1.54) is 34.9 Å². The van der Waals surface area contributed by atoms with Crippen LogP contribution in [0.4, 0.5) is 8.78 Å². The second-order valence-corrected chi connectivity index (χ2v) is 10.9. The highest BCUT2D eigenvalue weighted by Gasteiger charge is 2.41. The third-order valence-corrected chi connectivity index (χ3v) is 8.49. The number of hydrogen-bond donors (Lipinski definition) is 2. The van der Waals surface area contributed by atoms with Gasteiger partial charge in [-0.2, -0.15) is 4.39 Å². The minimum absolute atomic E-state index is 0.0385. The van der Waals surface area contributed by atoms with Crippen LogP contribution in [-0.2, 0) is 20.7 Å². The molecule has 0 bridgehead atoms. The molecular weight excluding hydrogens is 542 g/mol. The molecule has 1 aromatic carbocycles. The molecule has 4 heterocycles. The first-order chi connectivity index (χ1) is 18.2. The zero-order chi connectivity index (χ0) is 27.0. The van der Waals surface area contributed by atoms with Gasteiger partial charge in [-0.3, -0.25) is 4.79 Å². The molecule has 9 nitrogen and oxygen atoms in total. The molecule has 13 heteroatoms.